The Balaban J connectivity index is 1.48. The molecule has 7 nitrogen and oxygen atoms in total. The maximum Gasteiger partial charge on any atom is 0.274 e. The van der Waals surface area contributed by atoms with Crippen molar-refractivity contribution in [3.8, 4) is 0 Å². The van der Waals surface area contributed by atoms with Crippen LogP contribution >= 0.6 is 23.1 Å². The first-order chi connectivity index (χ1) is 14.9. The summed E-state index contributed by atoms with van der Waals surface area (Å²) in [7, 11) is 1.72. The van der Waals surface area contributed by atoms with Crippen molar-refractivity contribution < 1.29 is 19.2 Å². The predicted octanol–water partition coefficient (Wildman–Crippen LogP) is 4.50. The van der Waals surface area contributed by atoms with Gasteiger partial charge in [0.25, 0.3) is 11.8 Å². The Bertz CT molecular complexity index is 1040. The minimum absolute atomic E-state index is 0.149. The zero-order valence-corrected chi connectivity index (χ0v) is 19.3. The highest BCUT2D eigenvalue weighted by molar-refractivity contribution is 8.01. The minimum atomic E-state index is -0.404. The number of nitrogens with one attached hydrogen (secondary N) is 2. The summed E-state index contributed by atoms with van der Waals surface area (Å²) in [5.41, 5.74) is 4.11. The Kier molecular flexibility index (Phi) is 8.03. The number of rotatable bonds is 10. The average Bonchev–Trinajstić information content (AvgIpc) is 3.16. The van der Waals surface area contributed by atoms with E-state index in [0.717, 1.165) is 26.7 Å². The molecule has 0 atom stereocenters. The van der Waals surface area contributed by atoms with Crippen molar-refractivity contribution in [1.29, 1.82) is 0 Å². The number of aromatic nitrogens is 1. The maximum absolute atomic E-state index is 12.1. The molecule has 0 bridgehead atoms. The number of anilines is 1. The third kappa shape index (κ3) is 7.03. The number of benzene rings is 2. The van der Waals surface area contributed by atoms with Crippen LogP contribution in [0.25, 0.3) is 10.2 Å². The molecule has 0 radical (unpaired) electrons. The molecule has 0 spiro atoms. The van der Waals surface area contributed by atoms with Gasteiger partial charge in [-0.3, -0.25) is 14.4 Å². The molecule has 164 valence electrons. The van der Waals surface area contributed by atoms with Gasteiger partial charge < -0.3 is 10.1 Å². The fraction of sp³-hybridized carbons (Fsp3) is 0.318. The van der Waals surface area contributed by atoms with E-state index in [1.54, 1.807) is 60.5 Å². The maximum atomic E-state index is 12.1. The molecule has 0 saturated heterocycles. The number of hydroxylamine groups is 1. The highest BCUT2D eigenvalue weighted by atomic mass is 32.2. The molecular formula is C22H25N3O4S2. The Labute approximate surface area is 189 Å². The van der Waals surface area contributed by atoms with E-state index in [1.165, 1.54) is 0 Å². The predicted molar refractivity (Wildman–Crippen MR) is 125 cm³/mol. The van der Waals surface area contributed by atoms with Crippen LogP contribution in [0, 0.1) is 0 Å². The zero-order valence-electron chi connectivity index (χ0n) is 17.6. The largest absolute Gasteiger partial charge is 0.379 e. The highest BCUT2D eigenvalue weighted by Gasteiger charge is 2.16. The number of methoxy groups -OCH3 is 1. The third-order valence-corrected chi connectivity index (χ3v) is 6.70. The molecule has 2 N–H and O–H groups in total. The van der Waals surface area contributed by atoms with Gasteiger partial charge in [-0.15, -0.1) is 11.3 Å². The molecule has 3 aromatic rings. The summed E-state index contributed by atoms with van der Waals surface area (Å²) in [4.78, 5) is 33.7. The topological polar surface area (TPSA) is 89.6 Å². The van der Waals surface area contributed by atoms with E-state index < -0.39 is 5.91 Å². The number of amides is 2. The van der Waals surface area contributed by atoms with Crippen LogP contribution in [-0.4, -0.2) is 41.9 Å². The molecule has 0 unspecified atom stereocenters. The standard InChI is InChI=1S/C22H25N3O4S2/c1-22(2,28-3)11-12-30-21-24-17-10-9-16(13-18(17)31-21)23-19(26)14-29-25-20(27)15-7-5-4-6-8-15/h4-10,13H,11-12,14H2,1-3H3,(H,23,26)(H,25,27). The molecule has 2 amide bonds. The van der Waals surface area contributed by atoms with Gasteiger partial charge in [0.2, 0.25) is 0 Å². The smallest absolute Gasteiger partial charge is 0.274 e. The molecule has 9 heteroatoms. The van der Waals surface area contributed by atoms with Crippen LogP contribution in [0.3, 0.4) is 0 Å². The molecule has 0 aliphatic heterocycles. The van der Waals surface area contributed by atoms with Crippen molar-refractivity contribution in [2.45, 2.75) is 30.2 Å². The fourth-order valence-corrected chi connectivity index (χ4v) is 4.96. The molecule has 2 aromatic carbocycles. The molecular weight excluding hydrogens is 434 g/mol. The number of ether oxygens (including phenoxy) is 1. The number of thioether (sulfide) groups is 1. The number of hydrogen-bond acceptors (Lipinski definition) is 7. The molecule has 0 saturated carbocycles. The van der Waals surface area contributed by atoms with Crippen LogP contribution < -0.4 is 10.8 Å². The van der Waals surface area contributed by atoms with Gasteiger partial charge in [0.15, 0.2) is 10.9 Å². The number of nitrogens with zero attached hydrogens (tertiary/aromatic N) is 1. The first kappa shape index (κ1) is 23.2. The van der Waals surface area contributed by atoms with Gasteiger partial charge in [-0.1, -0.05) is 30.0 Å². The SMILES string of the molecule is COC(C)(C)CCSc1nc2ccc(NC(=O)CONC(=O)c3ccccc3)cc2s1. The van der Waals surface area contributed by atoms with Crippen LogP contribution in [-0.2, 0) is 14.4 Å². The lowest BCUT2D eigenvalue weighted by Gasteiger charge is -2.21. The van der Waals surface area contributed by atoms with Crippen LogP contribution in [0.15, 0.2) is 52.9 Å². The van der Waals surface area contributed by atoms with Gasteiger partial charge in [0.1, 0.15) is 0 Å². The van der Waals surface area contributed by atoms with Crippen LogP contribution in [0.4, 0.5) is 5.69 Å². The second-order valence-corrected chi connectivity index (χ2v) is 9.73. The van der Waals surface area contributed by atoms with E-state index in [9.17, 15) is 9.59 Å². The van der Waals surface area contributed by atoms with Crippen LogP contribution in [0.1, 0.15) is 30.6 Å². The van der Waals surface area contributed by atoms with Crippen molar-refractivity contribution >= 4 is 50.8 Å². The summed E-state index contributed by atoms with van der Waals surface area (Å²) in [5.74, 6) is 0.142. The zero-order chi connectivity index (χ0) is 22.3. The van der Waals surface area contributed by atoms with Gasteiger partial charge >= 0.3 is 0 Å². The normalized spacial score (nSPS) is 11.5. The second-order valence-electron chi connectivity index (χ2n) is 7.36. The quantitative estimate of drug-likeness (QED) is 0.343. The molecule has 1 aromatic heterocycles. The Morgan fingerprint density at radius 3 is 2.68 bits per heavy atom. The van der Waals surface area contributed by atoms with Crippen molar-refractivity contribution in [3.05, 3.63) is 54.1 Å². The summed E-state index contributed by atoms with van der Waals surface area (Å²) < 4.78 is 7.42. The van der Waals surface area contributed by atoms with Gasteiger partial charge in [-0.05, 0) is 50.6 Å². The summed E-state index contributed by atoms with van der Waals surface area (Å²) in [6.45, 7) is 3.84. The van der Waals surface area contributed by atoms with Crippen molar-refractivity contribution in [3.63, 3.8) is 0 Å². The number of thiazole rings is 1. The van der Waals surface area contributed by atoms with Crippen molar-refractivity contribution in [1.82, 2.24) is 10.5 Å². The van der Waals surface area contributed by atoms with Crippen molar-refractivity contribution in [2.24, 2.45) is 0 Å². The van der Waals surface area contributed by atoms with Gasteiger partial charge in [0, 0.05) is 24.1 Å². The van der Waals surface area contributed by atoms with E-state index in [4.69, 9.17) is 9.57 Å². The van der Waals surface area contributed by atoms with Crippen LogP contribution in [0.2, 0.25) is 0 Å². The second kappa shape index (κ2) is 10.7. The Hall–Kier alpha value is -2.46. The summed E-state index contributed by atoms with van der Waals surface area (Å²) >= 11 is 3.29. The lowest BCUT2D eigenvalue weighted by atomic mass is 10.1. The first-order valence-corrected chi connectivity index (χ1v) is 11.5. The van der Waals surface area contributed by atoms with E-state index in [2.05, 4.69) is 29.6 Å². The number of fused-ring (bicyclic) bond motifs is 1. The summed E-state index contributed by atoms with van der Waals surface area (Å²) in [6.07, 6.45) is 0.923. The van der Waals surface area contributed by atoms with E-state index in [-0.39, 0.29) is 18.1 Å². The van der Waals surface area contributed by atoms with Crippen LogP contribution in [0.5, 0.6) is 0 Å². The molecule has 3 rings (SSSR count). The lowest BCUT2D eigenvalue weighted by molar-refractivity contribution is -0.122. The molecule has 0 aliphatic rings. The Morgan fingerprint density at radius 2 is 1.94 bits per heavy atom. The molecule has 0 fully saturated rings. The fourth-order valence-electron chi connectivity index (χ4n) is 2.54. The van der Waals surface area contributed by atoms with E-state index in [0.29, 0.717) is 11.3 Å². The monoisotopic (exact) mass is 459 g/mol. The molecule has 31 heavy (non-hydrogen) atoms. The van der Waals surface area contributed by atoms with Gasteiger partial charge in [-0.2, -0.15) is 0 Å². The summed E-state index contributed by atoms with van der Waals surface area (Å²) in [6, 6.07) is 14.2. The molecule has 0 aliphatic carbocycles. The number of carbonyl (C=O) groups excluding carboxylic acids is 2. The van der Waals surface area contributed by atoms with Crippen molar-refractivity contribution in [2.75, 3.05) is 24.8 Å². The average molecular weight is 460 g/mol. The number of carbonyl (C=O) groups is 2. The molecule has 1 heterocycles. The van der Waals surface area contributed by atoms with E-state index >= 15 is 0 Å². The first-order valence-electron chi connectivity index (χ1n) is 9.72. The minimum Gasteiger partial charge on any atom is -0.379 e. The van der Waals surface area contributed by atoms with Gasteiger partial charge in [0.05, 0.1) is 15.8 Å². The lowest BCUT2D eigenvalue weighted by Crippen LogP contribution is -2.29. The van der Waals surface area contributed by atoms with E-state index in [1.807, 2.05) is 18.2 Å². The number of hydrogen-bond donors (Lipinski definition) is 2. The highest BCUT2D eigenvalue weighted by Crippen LogP contribution is 2.32. The van der Waals surface area contributed by atoms with Gasteiger partial charge in [-0.25, -0.2) is 10.5 Å². The summed E-state index contributed by atoms with van der Waals surface area (Å²) in [5, 5.41) is 2.77. The Morgan fingerprint density at radius 1 is 1.16 bits per heavy atom. The third-order valence-electron chi connectivity index (χ3n) is 4.54.